The molecule has 0 unspecified atom stereocenters. The van der Waals surface area contributed by atoms with Crippen LogP contribution in [0, 0.1) is 5.82 Å². The van der Waals surface area contributed by atoms with E-state index in [1.54, 1.807) is 0 Å². The van der Waals surface area contributed by atoms with Gasteiger partial charge in [-0.2, -0.15) is 0 Å². The lowest BCUT2D eigenvalue weighted by Crippen LogP contribution is -2.20. The van der Waals surface area contributed by atoms with Crippen molar-refractivity contribution < 1.29 is 19.1 Å². The predicted octanol–water partition coefficient (Wildman–Crippen LogP) is 0.213. The number of carbonyl (C=O) groups excluding carboxylic acids is 1. The van der Waals surface area contributed by atoms with Crippen LogP contribution in [-0.2, 0) is 17.9 Å². The molecule has 0 aliphatic rings. The van der Waals surface area contributed by atoms with Crippen LogP contribution >= 0.6 is 0 Å². The summed E-state index contributed by atoms with van der Waals surface area (Å²) < 4.78 is 14.9. The number of nitrogens with one attached hydrogen (secondary N) is 1. The summed E-state index contributed by atoms with van der Waals surface area (Å²) in [5, 5.41) is 18.4. The Hall–Kier alpha value is -2.81. The third-order valence-electron chi connectivity index (χ3n) is 2.59. The summed E-state index contributed by atoms with van der Waals surface area (Å²) in [4.78, 5) is 22.4. The Kier molecular flexibility index (Phi) is 4.24. The predicted molar refractivity (Wildman–Crippen MR) is 69.9 cm³/mol. The number of carboxylic acid groups (broad SMARTS) is 1. The van der Waals surface area contributed by atoms with Crippen LogP contribution in [-0.4, -0.2) is 32.0 Å². The van der Waals surface area contributed by atoms with Gasteiger partial charge in [0.05, 0.1) is 23.1 Å². The molecule has 1 amide bonds. The number of hydrogen-bond donors (Lipinski definition) is 3. The van der Waals surface area contributed by atoms with E-state index in [1.807, 2.05) is 0 Å². The number of aromatic carboxylic acids is 1. The summed E-state index contributed by atoms with van der Waals surface area (Å²) in [6.45, 7) is 0.0417. The van der Waals surface area contributed by atoms with Gasteiger partial charge in [0.25, 0.3) is 0 Å². The maximum absolute atomic E-state index is 13.6. The number of aromatic nitrogens is 3. The molecule has 0 bridgehead atoms. The lowest BCUT2D eigenvalue weighted by molar-refractivity contribution is -0.117. The van der Waals surface area contributed by atoms with Crippen molar-refractivity contribution in [2.24, 2.45) is 5.73 Å². The topological polar surface area (TPSA) is 123 Å². The van der Waals surface area contributed by atoms with Gasteiger partial charge < -0.3 is 16.2 Å². The molecule has 1 aromatic heterocycles. The molecular formula is C12H12FN5O3. The van der Waals surface area contributed by atoms with E-state index in [1.165, 1.54) is 23.0 Å². The molecule has 1 aromatic carbocycles. The molecule has 2 rings (SSSR count). The normalized spacial score (nSPS) is 10.4. The minimum absolute atomic E-state index is 0.107. The fourth-order valence-corrected chi connectivity index (χ4v) is 1.60. The largest absolute Gasteiger partial charge is 0.478 e. The molecular weight excluding hydrogens is 281 g/mol. The van der Waals surface area contributed by atoms with Gasteiger partial charge in [-0.25, -0.2) is 13.9 Å². The minimum atomic E-state index is -1.25. The number of halogens is 1. The first kappa shape index (κ1) is 14.6. The van der Waals surface area contributed by atoms with Crippen molar-refractivity contribution in [2.45, 2.75) is 13.1 Å². The third-order valence-corrected chi connectivity index (χ3v) is 2.59. The zero-order chi connectivity index (χ0) is 15.4. The molecule has 0 aliphatic carbocycles. The number of carbonyl (C=O) groups is 2. The molecule has 0 spiro atoms. The van der Waals surface area contributed by atoms with Crippen molar-refractivity contribution in [2.75, 3.05) is 5.32 Å². The van der Waals surface area contributed by atoms with Crippen molar-refractivity contribution in [1.82, 2.24) is 15.0 Å². The molecule has 110 valence electrons. The first-order valence-corrected chi connectivity index (χ1v) is 5.91. The van der Waals surface area contributed by atoms with Crippen LogP contribution in [0.1, 0.15) is 16.1 Å². The Bertz CT molecular complexity index is 685. The summed E-state index contributed by atoms with van der Waals surface area (Å²) in [5.74, 6) is -2.60. The van der Waals surface area contributed by atoms with Crippen molar-refractivity contribution in [3.8, 4) is 0 Å². The van der Waals surface area contributed by atoms with Gasteiger partial charge in [0.2, 0.25) is 5.91 Å². The van der Waals surface area contributed by atoms with Crippen LogP contribution in [0.4, 0.5) is 10.1 Å². The zero-order valence-corrected chi connectivity index (χ0v) is 10.8. The van der Waals surface area contributed by atoms with E-state index in [0.717, 1.165) is 6.07 Å². The maximum Gasteiger partial charge on any atom is 0.335 e. The van der Waals surface area contributed by atoms with E-state index in [-0.39, 0.29) is 24.3 Å². The second kappa shape index (κ2) is 6.09. The number of hydrogen-bond acceptors (Lipinski definition) is 5. The van der Waals surface area contributed by atoms with Gasteiger partial charge in [0, 0.05) is 6.54 Å². The van der Waals surface area contributed by atoms with Gasteiger partial charge in [-0.3, -0.25) is 4.79 Å². The van der Waals surface area contributed by atoms with Crippen LogP contribution in [0.5, 0.6) is 0 Å². The molecule has 0 atom stereocenters. The average Bonchev–Trinajstić information content (AvgIpc) is 2.88. The first-order valence-electron chi connectivity index (χ1n) is 5.91. The van der Waals surface area contributed by atoms with E-state index in [2.05, 4.69) is 15.6 Å². The molecule has 2 aromatic rings. The number of carboxylic acids is 1. The highest BCUT2D eigenvalue weighted by molar-refractivity contribution is 5.92. The molecule has 21 heavy (non-hydrogen) atoms. The number of benzene rings is 1. The Morgan fingerprint density at radius 2 is 2.19 bits per heavy atom. The lowest BCUT2D eigenvalue weighted by atomic mass is 10.2. The van der Waals surface area contributed by atoms with Gasteiger partial charge in [0.1, 0.15) is 12.4 Å². The van der Waals surface area contributed by atoms with Gasteiger partial charge in [-0.05, 0) is 18.2 Å². The first-order chi connectivity index (χ1) is 9.99. The zero-order valence-electron chi connectivity index (χ0n) is 10.8. The summed E-state index contributed by atoms with van der Waals surface area (Å²) in [6, 6.07) is 3.21. The molecule has 9 heteroatoms. The van der Waals surface area contributed by atoms with E-state index in [9.17, 15) is 14.0 Å². The molecule has 0 aliphatic heterocycles. The van der Waals surface area contributed by atoms with E-state index >= 15 is 0 Å². The second-order valence-corrected chi connectivity index (χ2v) is 4.16. The number of amides is 1. The van der Waals surface area contributed by atoms with Crippen LogP contribution in [0.25, 0.3) is 0 Å². The second-order valence-electron chi connectivity index (χ2n) is 4.16. The van der Waals surface area contributed by atoms with Gasteiger partial charge in [-0.15, -0.1) is 5.10 Å². The van der Waals surface area contributed by atoms with E-state index in [0.29, 0.717) is 5.69 Å². The molecule has 0 radical (unpaired) electrons. The van der Waals surface area contributed by atoms with Crippen LogP contribution in [0.15, 0.2) is 24.4 Å². The highest BCUT2D eigenvalue weighted by Gasteiger charge is 2.11. The van der Waals surface area contributed by atoms with Crippen LogP contribution in [0.2, 0.25) is 0 Å². The maximum atomic E-state index is 13.6. The van der Waals surface area contributed by atoms with Crippen molar-refractivity contribution in [3.05, 3.63) is 41.5 Å². The lowest BCUT2D eigenvalue weighted by Gasteiger charge is -2.06. The summed E-state index contributed by atoms with van der Waals surface area (Å²) in [7, 11) is 0. The summed E-state index contributed by atoms with van der Waals surface area (Å²) in [5.41, 5.74) is 5.58. The molecule has 4 N–H and O–H groups in total. The Labute approximate surface area is 118 Å². The van der Waals surface area contributed by atoms with Crippen molar-refractivity contribution in [3.63, 3.8) is 0 Å². The molecule has 0 saturated heterocycles. The molecule has 1 heterocycles. The Balaban J connectivity index is 2.04. The summed E-state index contributed by atoms with van der Waals surface area (Å²) >= 11 is 0. The number of rotatable bonds is 5. The monoisotopic (exact) mass is 293 g/mol. The highest BCUT2D eigenvalue weighted by Crippen LogP contribution is 2.15. The Morgan fingerprint density at radius 1 is 1.43 bits per heavy atom. The number of nitrogens with zero attached hydrogens (tertiary/aromatic N) is 3. The van der Waals surface area contributed by atoms with Crippen molar-refractivity contribution >= 4 is 17.6 Å². The van der Waals surface area contributed by atoms with E-state index in [4.69, 9.17) is 10.8 Å². The smallest absolute Gasteiger partial charge is 0.335 e. The Morgan fingerprint density at radius 3 is 2.76 bits per heavy atom. The molecule has 8 nitrogen and oxygen atoms in total. The fraction of sp³-hybridized carbons (Fsp3) is 0.167. The van der Waals surface area contributed by atoms with Crippen molar-refractivity contribution in [1.29, 1.82) is 0 Å². The van der Waals surface area contributed by atoms with Crippen LogP contribution in [0.3, 0.4) is 0 Å². The van der Waals surface area contributed by atoms with Crippen LogP contribution < -0.4 is 11.1 Å². The van der Waals surface area contributed by atoms with Gasteiger partial charge in [0.15, 0.2) is 0 Å². The number of anilines is 1. The minimum Gasteiger partial charge on any atom is -0.478 e. The standard InChI is InChI=1S/C12H12FN5O3/c13-9-3-7(12(20)21)1-2-10(9)15-11(19)6-18-5-8(4-14)16-17-18/h1-3,5H,4,6,14H2,(H,15,19)(H,20,21). The van der Waals surface area contributed by atoms with Gasteiger partial charge >= 0.3 is 5.97 Å². The van der Waals surface area contributed by atoms with E-state index < -0.39 is 17.7 Å². The quantitative estimate of drug-likeness (QED) is 0.724. The molecule has 0 fully saturated rings. The molecule has 0 saturated carbocycles. The average molecular weight is 293 g/mol. The summed E-state index contributed by atoms with van der Waals surface area (Å²) in [6.07, 6.45) is 1.50. The third kappa shape index (κ3) is 3.60. The van der Waals surface area contributed by atoms with Gasteiger partial charge in [-0.1, -0.05) is 5.21 Å². The number of nitrogens with two attached hydrogens (primary N) is 1. The highest BCUT2D eigenvalue weighted by atomic mass is 19.1. The fourth-order valence-electron chi connectivity index (χ4n) is 1.60. The SMILES string of the molecule is NCc1cn(CC(=O)Nc2ccc(C(=O)O)cc2F)nn1.